The van der Waals surface area contributed by atoms with E-state index in [1.54, 1.807) is 19.1 Å². The summed E-state index contributed by atoms with van der Waals surface area (Å²) in [6.45, 7) is 5.93. The van der Waals surface area contributed by atoms with Gasteiger partial charge in [-0.05, 0) is 100 Å². The Morgan fingerprint density at radius 1 is 1.04 bits per heavy atom. The van der Waals surface area contributed by atoms with Crippen molar-refractivity contribution in [3.8, 4) is 34.3 Å². The quantitative estimate of drug-likeness (QED) is 0.230. The molecule has 0 radical (unpaired) electrons. The number of rotatable bonds is 9. The number of alkyl halides is 2. The number of primary amides is 1. The van der Waals surface area contributed by atoms with Crippen molar-refractivity contribution in [2.75, 3.05) is 13.2 Å². The number of aromatic nitrogens is 2. The number of benzene rings is 2. The number of aryl methyl sites for hydroxylation is 2. The number of nitrogens with one attached hydrogen (secondary N) is 1. The fraction of sp³-hybridized carbons (Fsp3) is 0.389. The zero-order valence-electron chi connectivity index (χ0n) is 26.7. The lowest BCUT2D eigenvalue weighted by Crippen LogP contribution is -2.40. The molecule has 2 aromatic carbocycles. The van der Waals surface area contributed by atoms with Gasteiger partial charge in [-0.1, -0.05) is 0 Å². The van der Waals surface area contributed by atoms with Crippen LogP contribution in [0.4, 0.5) is 8.78 Å². The first-order valence-electron chi connectivity index (χ1n) is 16.1. The number of ether oxygens (including phenoxy) is 4. The molecule has 0 spiro atoms. The number of amides is 2. The molecule has 2 amide bonds. The fourth-order valence-corrected chi connectivity index (χ4v) is 6.44. The van der Waals surface area contributed by atoms with Gasteiger partial charge in [0, 0.05) is 45.9 Å². The van der Waals surface area contributed by atoms with Crippen LogP contribution in [0.1, 0.15) is 71.4 Å². The van der Waals surface area contributed by atoms with E-state index in [4.69, 9.17) is 29.9 Å². The normalized spacial score (nSPS) is 21.0. The van der Waals surface area contributed by atoms with Gasteiger partial charge < -0.3 is 30.0 Å². The lowest BCUT2D eigenvalue weighted by molar-refractivity contribution is -0.286. The molecule has 0 bridgehead atoms. The highest BCUT2D eigenvalue weighted by atomic mass is 19.3. The van der Waals surface area contributed by atoms with Crippen molar-refractivity contribution in [3.63, 3.8) is 0 Å². The Kier molecular flexibility index (Phi) is 6.80. The van der Waals surface area contributed by atoms with Crippen LogP contribution in [0.25, 0.3) is 22.2 Å². The van der Waals surface area contributed by atoms with Crippen LogP contribution >= 0.6 is 0 Å². The first-order chi connectivity index (χ1) is 22.9. The maximum Gasteiger partial charge on any atom is 0.586 e. The van der Waals surface area contributed by atoms with Gasteiger partial charge in [0.05, 0.1) is 6.10 Å². The van der Waals surface area contributed by atoms with Crippen LogP contribution in [0.5, 0.6) is 23.0 Å². The number of nitrogens with two attached hydrogens (primary N) is 1. The minimum atomic E-state index is -3.78. The maximum absolute atomic E-state index is 13.8. The Morgan fingerprint density at radius 2 is 1.81 bits per heavy atom. The molecular formula is C36H34F2N4O6. The summed E-state index contributed by atoms with van der Waals surface area (Å²) in [6.07, 6.45) is 0.179. The monoisotopic (exact) mass is 656 g/mol. The Bertz CT molecular complexity index is 2030. The van der Waals surface area contributed by atoms with E-state index in [1.165, 1.54) is 12.1 Å². The largest absolute Gasteiger partial charge is 0.586 e. The molecule has 2 saturated carbocycles. The molecule has 12 heteroatoms. The number of carbonyl (C=O) groups excluding carboxylic acids is 2. The minimum Gasteiger partial charge on any atom is -0.489 e. The summed E-state index contributed by atoms with van der Waals surface area (Å²) in [5, 5.41) is 3.95. The van der Waals surface area contributed by atoms with Crippen molar-refractivity contribution in [3.05, 3.63) is 70.5 Å². The average Bonchev–Trinajstić information content (AvgIpc) is 3.97. The minimum absolute atomic E-state index is 0.00430. The second-order valence-corrected chi connectivity index (χ2v) is 13.5. The lowest BCUT2D eigenvalue weighted by Gasteiger charge is -2.22. The van der Waals surface area contributed by atoms with Crippen molar-refractivity contribution < 1.29 is 37.3 Å². The molecule has 10 nitrogen and oxygen atoms in total. The van der Waals surface area contributed by atoms with Crippen LogP contribution in [0.2, 0.25) is 0 Å². The highest BCUT2D eigenvalue weighted by Gasteiger charge is 2.46. The molecule has 3 N–H and O–H groups in total. The first-order valence-corrected chi connectivity index (χ1v) is 16.1. The standard InChI is InChI=1S/C36H34F2N4O6/c1-17-10-21-11-22(13-29(46-23-7-8-23)30(21)41-18(17)2)33(43)40-15-24(19-4-5-19)26-14-25-32(45-16-35(25,3)34(39)44)31(42-26)20-6-9-27-28(12-20)48-36(37,38)47-27/h6,9-14,19,23-24H,4-5,7-8,15-16H2,1-3H3,(H2,39,44)(H,40,43)/t24-,35-/m0/s1. The van der Waals surface area contributed by atoms with Gasteiger partial charge in [0.1, 0.15) is 34.7 Å². The molecule has 2 aliphatic heterocycles. The average molecular weight is 657 g/mol. The van der Waals surface area contributed by atoms with E-state index in [9.17, 15) is 18.4 Å². The van der Waals surface area contributed by atoms with Crippen molar-refractivity contribution in [2.45, 2.75) is 70.2 Å². The molecule has 48 heavy (non-hydrogen) atoms. The van der Waals surface area contributed by atoms with E-state index in [0.717, 1.165) is 47.8 Å². The van der Waals surface area contributed by atoms with Crippen molar-refractivity contribution in [1.82, 2.24) is 15.3 Å². The summed E-state index contributed by atoms with van der Waals surface area (Å²) in [6, 6.07) is 11.8. The molecule has 248 valence electrons. The number of hydrogen-bond donors (Lipinski definition) is 2. The van der Waals surface area contributed by atoms with E-state index >= 15 is 0 Å². The van der Waals surface area contributed by atoms with E-state index in [-0.39, 0.29) is 48.5 Å². The third-order valence-corrected chi connectivity index (χ3v) is 9.77. The number of fused-ring (bicyclic) bond motifs is 3. The molecule has 4 aliphatic rings. The lowest BCUT2D eigenvalue weighted by atomic mass is 9.82. The zero-order valence-corrected chi connectivity index (χ0v) is 26.7. The Balaban J connectivity index is 1.14. The fourth-order valence-electron chi connectivity index (χ4n) is 6.44. The maximum atomic E-state index is 13.8. The van der Waals surface area contributed by atoms with Crippen LogP contribution in [-0.2, 0) is 10.2 Å². The molecule has 0 unspecified atom stereocenters. The second-order valence-electron chi connectivity index (χ2n) is 13.5. The van der Waals surface area contributed by atoms with Gasteiger partial charge in [-0.25, -0.2) is 9.97 Å². The van der Waals surface area contributed by atoms with Crippen LogP contribution in [-0.4, -0.2) is 47.3 Å². The van der Waals surface area contributed by atoms with Crippen molar-refractivity contribution in [2.24, 2.45) is 11.7 Å². The van der Waals surface area contributed by atoms with Gasteiger partial charge in [0.25, 0.3) is 5.91 Å². The summed E-state index contributed by atoms with van der Waals surface area (Å²) >= 11 is 0. The van der Waals surface area contributed by atoms with Crippen LogP contribution in [0.15, 0.2) is 42.5 Å². The van der Waals surface area contributed by atoms with Crippen molar-refractivity contribution in [1.29, 1.82) is 0 Å². The van der Waals surface area contributed by atoms with E-state index in [1.807, 2.05) is 32.0 Å². The van der Waals surface area contributed by atoms with E-state index < -0.39 is 17.6 Å². The molecular weight excluding hydrogens is 622 g/mol. The number of halogens is 2. The van der Waals surface area contributed by atoms with Gasteiger partial charge in [-0.15, -0.1) is 8.78 Å². The van der Waals surface area contributed by atoms with Crippen molar-refractivity contribution >= 4 is 22.7 Å². The smallest absolute Gasteiger partial charge is 0.489 e. The van der Waals surface area contributed by atoms with E-state index in [2.05, 4.69) is 10.1 Å². The molecule has 2 aliphatic carbocycles. The molecule has 0 saturated heterocycles. The summed E-state index contributed by atoms with van der Waals surface area (Å²) < 4.78 is 49.1. The van der Waals surface area contributed by atoms with Crippen LogP contribution < -0.4 is 30.0 Å². The Labute approximate surface area is 274 Å². The predicted molar refractivity (Wildman–Crippen MR) is 171 cm³/mol. The number of hydrogen-bond acceptors (Lipinski definition) is 8. The first kappa shape index (κ1) is 30.3. The second kappa shape index (κ2) is 10.8. The highest BCUT2D eigenvalue weighted by molar-refractivity contribution is 6.00. The van der Waals surface area contributed by atoms with Gasteiger partial charge in [-0.3, -0.25) is 9.59 Å². The third-order valence-electron chi connectivity index (χ3n) is 9.77. The molecule has 2 aromatic heterocycles. The van der Waals surface area contributed by atoms with E-state index in [0.29, 0.717) is 39.6 Å². The SMILES string of the molecule is Cc1cc2cc(C(=O)NC[C@H](c3cc4c(c(-c5ccc6c(c5)OC(F)(F)O6)n3)OC[C@]4(C)C(N)=O)C3CC3)cc(OC3CC3)c2nc1C. The summed E-state index contributed by atoms with van der Waals surface area (Å²) in [7, 11) is 0. The van der Waals surface area contributed by atoms with Crippen LogP contribution in [0.3, 0.4) is 0 Å². The molecule has 2 fully saturated rings. The van der Waals surface area contributed by atoms with Gasteiger partial charge in [0.15, 0.2) is 11.5 Å². The van der Waals surface area contributed by atoms with Gasteiger partial charge >= 0.3 is 6.29 Å². The predicted octanol–water partition coefficient (Wildman–Crippen LogP) is 5.84. The molecule has 8 rings (SSSR count). The molecule has 4 heterocycles. The molecule has 4 aromatic rings. The summed E-state index contributed by atoms with van der Waals surface area (Å²) in [5.74, 6) is -0.0811. The number of nitrogens with zero attached hydrogens (tertiary/aromatic N) is 2. The summed E-state index contributed by atoms with van der Waals surface area (Å²) in [5.41, 5.74) is 9.86. The Morgan fingerprint density at radius 3 is 2.54 bits per heavy atom. The number of pyridine rings is 2. The highest BCUT2D eigenvalue weighted by Crippen LogP contribution is 2.50. The topological polar surface area (TPSA) is 135 Å². The van der Waals surface area contributed by atoms with Gasteiger partial charge in [0.2, 0.25) is 5.91 Å². The molecule has 2 atom stereocenters. The zero-order chi connectivity index (χ0) is 33.5. The summed E-state index contributed by atoms with van der Waals surface area (Å²) in [4.78, 5) is 36.2. The third kappa shape index (κ3) is 5.32. The Hall–Kier alpha value is -5.00. The van der Waals surface area contributed by atoms with Crippen LogP contribution in [0, 0.1) is 19.8 Å². The number of carbonyl (C=O) groups is 2. The van der Waals surface area contributed by atoms with Gasteiger partial charge in [-0.2, -0.15) is 0 Å².